The van der Waals surface area contributed by atoms with Crippen LogP contribution in [0.5, 0.6) is 0 Å². The molecule has 0 saturated carbocycles. The molecule has 2 aromatic heterocycles. The van der Waals surface area contributed by atoms with Gasteiger partial charge in [-0.15, -0.1) is 11.3 Å². The van der Waals surface area contributed by atoms with Crippen LogP contribution >= 0.6 is 11.3 Å². The number of carbonyl (C=O) groups excluding carboxylic acids is 1. The topological polar surface area (TPSA) is 53.4 Å². The molecule has 1 fully saturated rings. The average Bonchev–Trinajstić information content (AvgIpc) is 3.09. The minimum Gasteiger partial charge on any atom is -0.392 e. The molecule has 5 heteroatoms. The summed E-state index contributed by atoms with van der Waals surface area (Å²) >= 11 is 1.54. The summed E-state index contributed by atoms with van der Waals surface area (Å²) in [5, 5.41) is 11.0. The van der Waals surface area contributed by atoms with Crippen molar-refractivity contribution in [2.24, 2.45) is 0 Å². The van der Waals surface area contributed by atoms with Crippen LogP contribution in [0.4, 0.5) is 0 Å². The second-order valence-electron chi connectivity index (χ2n) is 5.73. The van der Waals surface area contributed by atoms with Crippen molar-refractivity contribution in [1.82, 2.24) is 9.88 Å². The van der Waals surface area contributed by atoms with E-state index in [1.807, 2.05) is 34.8 Å². The third-order valence-electron chi connectivity index (χ3n) is 4.23. The number of aliphatic hydroxyl groups excluding tert-OH is 1. The number of nitrogens with zero attached hydrogens (tertiary/aromatic N) is 2. The molecule has 4 nitrogen and oxygen atoms in total. The molecule has 0 aliphatic carbocycles. The number of aromatic nitrogens is 1. The van der Waals surface area contributed by atoms with Crippen LogP contribution in [0.15, 0.2) is 42.0 Å². The van der Waals surface area contributed by atoms with Crippen molar-refractivity contribution in [2.45, 2.75) is 25.4 Å². The van der Waals surface area contributed by atoms with Crippen LogP contribution in [0.2, 0.25) is 0 Å². The second kappa shape index (κ2) is 7.53. The van der Waals surface area contributed by atoms with Gasteiger partial charge in [0.2, 0.25) is 5.91 Å². The number of rotatable bonds is 4. The Labute approximate surface area is 140 Å². The van der Waals surface area contributed by atoms with Crippen LogP contribution in [-0.2, 0) is 11.4 Å². The van der Waals surface area contributed by atoms with Gasteiger partial charge in [-0.1, -0.05) is 0 Å². The Morgan fingerprint density at radius 1 is 1.35 bits per heavy atom. The van der Waals surface area contributed by atoms with Crippen molar-refractivity contribution in [3.8, 4) is 0 Å². The molecule has 1 aliphatic heterocycles. The standard InChI is InChI=1S/C18H20N2O2S/c21-12-14-11-17(23-13-14)1-2-18(22)20-9-5-16(6-10-20)15-3-7-19-8-4-15/h1-4,7-8,11,13,16,21H,5-6,9-10,12H2/b2-1+. The molecule has 1 amide bonds. The third-order valence-corrected chi connectivity index (χ3v) is 5.18. The average molecular weight is 328 g/mol. The van der Waals surface area contributed by atoms with Crippen LogP contribution in [0, 0.1) is 0 Å². The molecular weight excluding hydrogens is 308 g/mol. The number of hydrogen-bond acceptors (Lipinski definition) is 4. The van der Waals surface area contributed by atoms with Crippen molar-refractivity contribution in [3.05, 3.63) is 58.1 Å². The zero-order chi connectivity index (χ0) is 16.1. The fourth-order valence-corrected chi connectivity index (χ4v) is 3.69. The molecule has 2 aromatic rings. The highest BCUT2D eigenvalue weighted by molar-refractivity contribution is 7.11. The van der Waals surface area contributed by atoms with Crippen molar-refractivity contribution >= 4 is 23.3 Å². The van der Waals surface area contributed by atoms with Crippen LogP contribution in [0.25, 0.3) is 6.08 Å². The van der Waals surface area contributed by atoms with E-state index in [9.17, 15) is 4.79 Å². The highest BCUT2D eigenvalue weighted by Gasteiger charge is 2.22. The summed E-state index contributed by atoms with van der Waals surface area (Å²) in [7, 11) is 0. The third kappa shape index (κ3) is 4.06. The fourth-order valence-electron chi connectivity index (χ4n) is 2.89. The van der Waals surface area contributed by atoms with E-state index in [0.717, 1.165) is 36.4 Å². The molecular formula is C18H20N2O2S. The van der Waals surface area contributed by atoms with Crippen molar-refractivity contribution in [1.29, 1.82) is 0 Å². The van der Waals surface area contributed by atoms with Gasteiger partial charge in [-0.2, -0.15) is 0 Å². The van der Waals surface area contributed by atoms with E-state index in [2.05, 4.69) is 17.1 Å². The van der Waals surface area contributed by atoms with Gasteiger partial charge < -0.3 is 10.0 Å². The van der Waals surface area contributed by atoms with Gasteiger partial charge in [0, 0.05) is 36.4 Å². The maximum atomic E-state index is 12.3. The summed E-state index contributed by atoms with van der Waals surface area (Å²) < 4.78 is 0. The second-order valence-corrected chi connectivity index (χ2v) is 6.67. The maximum absolute atomic E-state index is 12.3. The Morgan fingerprint density at radius 2 is 2.09 bits per heavy atom. The van der Waals surface area contributed by atoms with Gasteiger partial charge in [0.1, 0.15) is 0 Å². The Bertz CT molecular complexity index is 673. The largest absolute Gasteiger partial charge is 0.392 e. The number of aliphatic hydroxyl groups is 1. The van der Waals surface area contributed by atoms with E-state index in [1.54, 1.807) is 6.08 Å². The quantitative estimate of drug-likeness (QED) is 0.878. The molecule has 0 unspecified atom stereocenters. The minimum atomic E-state index is 0.0425. The molecule has 0 radical (unpaired) electrons. The number of piperidine rings is 1. The van der Waals surface area contributed by atoms with E-state index < -0.39 is 0 Å². The molecule has 1 aliphatic rings. The Morgan fingerprint density at radius 3 is 2.74 bits per heavy atom. The van der Waals surface area contributed by atoms with Gasteiger partial charge in [-0.25, -0.2) is 0 Å². The van der Waals surface area contributed by atoms with E-state index in [4.69, 9.17) is 5.11 Å². The lowest BCUT2D eigenvalue weighted by atomic mass is 9.90. The van der Waals surface area contributed by atoms with Crippen molar-refractivity contribution in [2.75, 3.05) is 13.1 Å². The maximum Gasteiger partial charge on any atom is 0.246 e. The summed E-state index contributed by atoms with van der Waals surface area (Å²) in [6.45, 7) is 1.63. The van der Waals surface area contributed by atoms with Crippen LogP contribution in [0.3, 0.4) is 0 Å². The molecule has 3 rings (SSSR count). The molecule has 0 spiro atoms. The molecule has 23 heavy (non-hydrogen) atoms. The predicted octanol–water partition coefficient (Wildman–Crippen LogP) is 3.05. The summed E-state index contributed by atoms with van der Waals surface area (Å²) in [4.78, 5) is 19.2. The van der Waals surface area contributed by atoms with Gasteiger partial charge in [-0.3, -0.25) is 9.78 Å². The van der Waals surface area contributed by atoms with Crippen molar-refractivity contribution < 1.29 is 9.90 Å². The SMILES string of the molecule is O=C(/C=C/c1cc(CO)cs1)N1CCC(c2ccncc2)CC1. The Balaban J connectivity index is 1.54. The van der Waals surface area contributed by atoms with E-state index in [0.29, 0.717) is 5.92 Å². The number of hydrogen-bond donors (Lipinski definition) is 1. The number of likely N-dealkylation sites (tertiary alicyclic amines) is 1. The van der Waals surface area contributed by atoms with E-state index in [-0.39, 0.29) is 12.5 Å². The van der Waals surface area contributed by atoms with Gasteiger partial charge in [0.15, 0.2) is 0 Å². The van der Waals surface area contributed by atoms with Gasteiger partial charge >= 0.3 is 0 Å². The van der Waals surface area contributed by atoms with Gasteiger partial charge in [-0.05, 0) is 59.5 Å². The molecule has 0 bridgehead atoms. The van der Waals surface area contributed by atoms with Gasteiger partial charge in [0.25, 0.3) is 0 Å². The fraction of sp³-hybridized carbons (Fsp3) is 0.333. The van der Waals surface area contributed by atoms with Crippen LogP contribution in [-0.4, -0.2) is 34.0 Å². The normalized spacial score (nSPS) is 16.1. The first-order valence-corrected chi connectivity index (χ1v) is 8.69. The first-order valence-electron chi connectivity index (χ1n) is 7.81. The number of amides is 1. The van der Waals surface area contributed by atoms with Crippen LogP contribution in [0.1, 0.15) is 34.8 Å². The summed E-state index contributed by atoms with van der Waals surface area (Å²) in [5.74, 6) is 0.590. The number of thiophene rings is 1. The number of carbonyl (C=O) groups is 1. The lowest BCUT2D eigenvalue weighted by Gasteiger charge is -2.31. The molecule has 1 N–H and O–H groups in total. The molecule has 3 heterocycles. The lowest BCUT2D eigenvalue weighted by molar-refractivity contribution is -0.126. The molecule has 1 saturated heterocycles. The minimum absolute atomic E-state index is 0.0425. The monoisotopic (exact) mass is 328 g/mol. The van der Waals surface area contributed by atoms with E-state index >= 15 is 0 Å². The van der Waals surface area contributed by atoms with E-state index in [1.165, 1.54) is 16.9 Å². The van der Waals surface area contributed by atoms with Gasteiger partial charge in [0.05, 0.1) is 6.61 Å². The first kappa shape index (κ1) is 15.9. The predicted molar refractivity (Wildman–Crippen MR) is 92.1 cm³/mol. The Kier molecular flexibility index (Phi) is 5.20. The summed E-state index contributed by atoms with van der Waals surface area (Å²) in [5.41, 5.74) is 2.21. The molecule has 120 valence electrons. The zero-order valence-corrected chi connectivity index (χ0v) is 13.7. The first-order chi connectivity index (χ1) is 11.3. The summed E-state index contributed by atoms with van der Waals surface area (Å²) in [6.07, 6.45) is 9.13. The van der Waals surface area contributed by atoms with Crippen molar-refractivity contribution in [3.63, 3.8) is 0 Å². The Hall–Kier alpha value is -1.98. The highest BCUT2D eigenvalue weighted by Crippen LogP contribution is 2.27. The molecule has 0 atom stereocenters. The highest BCUT2D eigenvalue weighted by atomic mass is 32.1. The van der Waals surface area contributed by atoms with Crippen LogP contribution < -0.4 is 0 Å². The zero-order valence-electron chi connectivity index (χ0n) is 12.9. The summed E-state index contributed by atoms with van der Waals surface area (Å²) in [6, 6.07) is 6.04. The smallest absolute Gasteiger partial charge is 0.246 e. The molecule has 0 aromatic carbocycles. The number of pyridine rings is 1. The lowest BCUT2D eigenvalue weighted by Crippen LogP contribution is -2.36.